The monoisotopic (exact) mass is 459 g/mol. The number of urea groups is 1. The first kappa shape index (κ1) is 23.3. The number of nitrogens with zero attached hydrogens (tertiary/aromatic N) is 1. The van der Waals surface area contributed by atoms with E-state index in [0.29, 0.717) is 5.75 Å². The van der Waals surface area contributed by atoms with Crippen molar-refractivity contribution in [1.82, 2.24) is 10.2 Å². The van der Waals surface area contributed by atoms with Crippen molar-refractivity contribution in [3.63, 3.8) is 0 Å². The van der Waals surface area contributed by atoms with Crippen LogP contribution in [0, 0.1) is 11.6 Å². The van der Waals surface area contributed by atoms with Crippen LogP contribution in [0.2, 0.25) is 0 Å². The van der Waals surface area contributed by atoms with Crippen LogP contribution >= 0.6 is 0 Å². The fourth-order valence-corrected chi connectivity index (χ4v) is 5.56. The van der Waals surface area contributed by atoms with E-state index in [1.807, 2.05) is 6.07 Å². The molecule has 4 rings (SSSR count). The van der Waals surface area contributed by atoms with E-state index < -0.39 is 17.7 Å². The van der Waals surface area contributed by atoms with Gasteiger partial charge in [-0.2, -0.15) is 0 Å². The van der Waals surface area contributed by atoms with E-state index in [1.54, 1.807) is 14.2 Å². The van der Waals surface area contributed by atoms with Crippen LogP contribution in [0.15, 0.2) is 36.4 Å². The Balaban J connectivity index is 1.50. The fraction of sp³-hybridized carbons (Fsp3) is 0.480. The molecule has 3 atom stereocenters. The lowest BCUT2D eigenvalue weighted by Crippen LogP contribution is -2.53. The summed E-state index contributed by atoms with van der Waals surface area (Å²) in [5.74, 6) is -0.497. The van der Waals surface area contributed by atoms with Gasteiger partial charge in [0.05, 0.1) is 14.2 Å². The second-order valence-electron chi connectivity index (χ2n) is 8.82. The average molecular weight is 460 g/mol. The summed E-state index contributed by atoms with van der Waals surface area (Å²) in [6, 6.07) is 9.37. The van der Waals surface area contributed by atoms with E-state index >= 15 is 0 Å². The summed E-state index contributed by atoms with van der Waals surface area (Å²) in [6.07, 6.45) is 3.62. The number of benzene rings is 2. The van der Waals surface area contributed by atoms with Gasteiger partial charge in [0.1, 0.15) is 0 Å². The first-order valence-corrected chi connectivity index (χ1v) is 11.4. The number of likely N-dealkylation sites (tertiary alicyclic amines) is 1. The summed E-state index contributed by atoms with van der Waals surface area (Å²) in [5, 5.41) is 5.64. The van der Waals surface area contributed by atoms with Crippen molar-refractivity contribution in [1.29, 1.82) is 0 Å². The molecule has 178 valence electrons. The molecule has 2 fully saturated rings. The van der Waals surface area contributed by atoms with Crippen LogP contribution in [0.1, 0.15) is 38.2 Å². The van der Waals surface area contributed by atoms with Crippen LogP contribution in [-0.4, -0.2) is 50.3 Å². The minimum Gasteiger partial charge on any atom is -0.493 e. The number of methoxy groups -OCH3 is 2. The molecule has 1 saturated heterocycles. The minimum absolute atomic E-state index is 0.00962. The van der Waals surface area contributed by atoms with Gasteiger partial charge in [0, 0.05) is 29.3 Å². The van der Waals surface area contributed by atoms with E-state index in [2.05, 4.69) is 34.6 Å². The molecule has 1 aliphatic heterocycles. The molecule has 2 amide bonds. The van der Waals surface area contributed by atoms with Gasteiger partial charge in [0.2, 0.25) is 0 Å². The van der Waals surface area contributed by atoms with Gasteiger partial charge in [0.25, 0.3) is 0 Å². The van der Waals surface area contributed by atoms with Crippen molar-refractivity contribution < 1.29 is 23.0 Å². The number of fused-ring (bicyclic) bond motifs is 1. The van der Waals surface area contributed by atoms with Gasteiger partial charge in [-0.25, -0.2) is 13.6 Å². The van der Waals surface area contributed by atoms with E-state index in [9.17, 15) is 13.6 Å². The van der Waals surface area contributed by atoms with Gasteiger partial charge < -0.3 is 20.1 Å². The number of ether oxygens (including phenoxy) is 2. The lowest BCUT2D eigenvalue weighted by atomic mass is 9.65. The molecule has 0 bridgehead atoms. The maximum atomic E-state index is 13.5. The zero-order valence-electron chi connectivity index (χ0n) is 19.3. The molecule has 33 heavy (non-hydrogen) atoms. The van der Waals surface area contributed by atoms with Gasteiger partial charge in [0.15, 0.2) is 23.1 Å². The number of hydrogen-bond acceptors (Lipinski definition) is 4. The smallest absolute Gasteiger partial charge is 0.319 e. The Morgan fingerprint density at radius 1 is 1.09 bits per heavy atom. The van der Waals surface area contributed by atoms with Gasteiger partial charge in [-0.05, 0) is 68.6 Å². The van der Waals surface area contributed by atoms with Crippen molar-refractivity contribution in [2.45, 2.75) is 50.1 Å². The quantitative estimate of drug-likeness (QED) is 0.658. The van der Waals surface area contributed by atoms with E-state index in [0.717, 1.165) is 56.7 Å². The predicted octanol–water partition coefficient (Wildman–Crippen LogP) is 4.69. The number of likely N-dealkylation sites (N-methyl/N-ethyl adjacent to an activating group) is 1. The summed E-state index contributed by atoms with van der Waals surface area (Å²) in [4.78, 5) is 15.0. The number of halogens is 2. The molecular formula is C25H31F2N3O3. The maximum absolute atomic E-state index is 13.5. The normalized spacial score (nSPS) is 24.8. The minimum atomic E-state index is -0.991. The molecule has 0 unspecified atom stereocenters. The molecule has 0 spiro atoms. The van der Waals surface area contributed by atoms with Crippen LogP contribution in [0.3, 0.4) is 0 Å². The summed E-state index contributed by atoms with van der Waals surface area (Å²) in [5.41, 5.74) is 1.45. The SMILES string of the molecule is CCN1CC[C@]2(c3ccc(OC)c(OC)c3)CC[C@@H](NC(=O)Nc3ccc(F)c(F)c3)C[C@H]12. The van der Waals surface area contributed by atoms with Crippen molar-refractivity contribution in [2.24, 2.45) is 0 Å². The summed E-state index contributed by atoms with van der Waals surface area (Å²) >= 11 is 0. The molecule has 0 aromatic heterocycles. The lowest BCUT2D eigenvalue weighted by molar-refractivity contribution is 0.141. The summed E-state index contributed by atoms with van der Waals surface area (Å²) in [6.45, 7) is 4.11. The summed E-state index contributed by atoms with van der Waals surface area (Å²) in [7, 11) is 3.28. The largest absolute Gasteiger partial charge is 0.493 e. The predicted molar refractivity (Wildman–Crippen MR) is 123 cm³/mol. The number of carbonyl (C=O) groups excluding carboxylic acids is 1. The van der Waals surface area contributed by atoms with Crippen LogP contribution in [0.25, 0.3) is 0 Å². The van der Waals surface area contributed by atoms with Gasteiger partial charge in [-0.3, -0.25) is 4.90 Å². The molecule has 1 heterocycles. The highest BCUT2D eigenvalue weighted by molar-refractivity contribution is 5.89. The molecule has 0 radical (unpaired) electrons. The van der Waals surface area contributed by atoms with Crippen molar-refractivity contribution in [2.75, 3.05) is 32.6 Å². The van der Waals surface area contributed by atoms with Crippen molar-refractivity contribution >= 4 is 11.7 Å². The molecule has 6 nitrogen and oxygen atoms in total. The fourth-order valence-electron chi connectivity index (χ4n) is 5.56. The topological polar surface area (TPSA) is 62.8 Å². The zero-order valence-corrected chi connectivity index (χ0v) is 19.3. The Bertz CT molecular complexity index is 1020. The Kier molecular flexibility index (Phi) is 6.74. The highest BCUT2D eigenvalue weighted by Gasteiger charge is 2.51. The van der Waals surface area contributed by atoms with E-state index in [1.165, 1.54) is 11.6 Å². The number of rotatable bonds is 6. The van der Waals surface area contributed by atoms with Crippen molar-refractivity contribution in [3.05, 3.63) is 53.6 Å². The molecular weight excluding hydrogens is 428 g/mol. The molecule has 2 aromatic rings. The third kappa shape index (κ3) is 4.49. The number of carbonyl (C=O) groups is 1. The second kappa shape index (κ2) is 9.55. The second-order valence-corrected chi connectivity index (χ2v) is 8.82. The maximum Gasteiger partial charge on any atom is 0.319 e. The van der Waals surface area contributed by atoms with Crippen LogP contribution in [0.4, 0.5) is 19.3 Å². The van der Waals surface area contributed by atoms with Crippen molar-refractivity contribution in [3.8, 4) is 11.5 Å². The van der Waals surface area contributed by atoms with Gasteiger partial charge in [-0.1, -0.05) is 13.0 Å². The third-order valence-electron chi connectivity index (χ3n) is 7.25. The Morgan fingerprint density at radius 3 is 2.58 bits per heavy atom. The Labute approximate surface area is 193 Å². The third-order valence-corrected chi connectivity index (χ3v) is 7.25. The first-order valence-electron chi connectivity index (χ1n) is 11.4. The van der Waals surface area contributed by atoms with Gasteiger partial charge in [-0.15, -0.1) is 0 Å². The number of hydrogen-bond donors (Lipinski definition) is 2. The number of anilines is 1. The molecule has 2 aromatic carbocycles. The van der Waals surface area contributed by atoms with Crippen LogP contribution in [-0.2, 0) is 5.41 Å². The van der Waals surface area contributed by atoms with Gasteiger partial charge >= 0.3 is 6.03 Å². The number of nitrogens with one attached hydrogen (secondary N) is 2. The Morgan fingerprint density at radius 2 is 1.88 bits per heavy atom. The molecule has 2 N–H and O–H groups in total. The van der Waals surface area contributed by atoms with E-state index in [-0.39, 0.29) is 23.2 Å². The first-order chi connectivity index (χ1) is 15.9. The lowest BCUT2D eigenvalue weighted by Gasteiger charge is -2.45. The molecule has 8 heteroatoms. The molecule has 1 aliphatic carbocycles. The van der Waals surface area contributed by atoms with Crippen LogP contribution < -0.4 is 20.1 Å². The standard InChI is InChI=1S/C25H31F2N3O3/c1-4-30-12-11-25(16-5-8-21(32-2)22(13-16)33-3)10-9-18(15-23(25)30)29-24(31)28-17-6-7-19(26)20(27)14-17/h5-8,13-14,18,23H,4,9-12,15H2,1-3H3,(H2,28,29,31)/t18-,23+,25+/m1/s1. The zero-order chi connectivity index (χ0) is 23.6. The average Bonchev–Trinajstić information content (AvgIpc) is 3.20. The molecule has 1 saturated carbocycles. The Hall–Kier alpha value is -2.87. The highest BCUT2D eigenvalue weighted by Crippen LogP contribution is 2.50. The van der Waals surface area contributed by atoms with Crippen LogP contribution in [0.5, 0.6) is 11.5 Å². The van der Waals surface area contributed by atoms with E-state index in [4.69, 9.17) is 9.47 Å². The highest BCUT2D eigenvalue weighted by atomic mass is 19.2. The summed E-state index contributed by atoms with van der Waals surface area (Å²) < 4.78 is 37.6. The molecule has 2 aliphatic rings. The number of amides is 2.